The summed E-state index contributed by atoms with van der Waals surface area (Å²) in [4.78, 5) is 18.2. The van der Waals surface area contributed by atoms with Crippen molar-refractivity contribution < 1.29 is 5.11 Å². The molecule has 0 aromatic carbocycles. The minimum atomic E-state index is -0.865. The molecule has 0 atom stereocenters. The Labute approximate surface area is 49.4 Å². The van der Waals surface area contributed by atoms with Gasteiger partial charge in [-0.1, -0.05) is 0 Å². The van der Waals surface area contributed by atoms with E-state index in [1.807, 2.05) is 4.98 Å². The number of aromatic amines is 1. The van der Waals surface area contributed by atoms with Crippen LogP contribution in [-0.2, 0) is 0 Å². The number of nitrogens with one attached hydrogen (secondary N) is 1. The van der Waals surface area contributed by atoms with Crippen LogP contribution in [0, 0.1) is 0 Å². The number of aromatic nitrogens is 3. The normalized spacial score (nSPS) is 9.33. The zero-order chi connectivity index (χ0) is 6.85. The number of nitrogen functional groups attached to an aromatic ring is 1. The van der Waals surface area contributed by atoms with Crippen molar-refractivity contribution in [3.8, 4) is 6.01 Å². The molecule has 1 aromatic rings. The summed E-state index contributed by atoms with van der Waals surface area (Å²) in [6, 6.07) is -0.865. The predicted octanol–water partition coefficient (Wildman–Crippen LogP) is -2.18. The molecule has 0 spiro atoms. The Bertz CT molecular complexity index is 244. The van der Waals surface area contributed by atoms with Gasteiger partial charge in [-0.15, -0.1) is 0 Å². The summed E-state index contributed by atoms with van der Waals surface area (Å²) < 4.78 is 0. The van der Waals surface area contributed by atoms with Gasteiger partial charge in [-0.05, 0) is 0 Å². The second kappa shape index (κ2) is 1.73. The van der Waals surface area contributed by atoms with Gasteiger partial charge in [-0.2, -0.15) is 4.98 Å². The van der Waals surface area contributed by atoms with Crippen molar-refractivity contribution in [3.63, 3.8) is 0 Å². The van der Waals surface area contributed by atoms with Gasteiger partial charge < -0.3 is 10.8 Å². The molecule has 0 amide bonds. The van der Waals surface area contributed by atoms with Crippen molar-refractivity contribution in [1.29, 1.82) is 0 Å². The molecule has 0 saturated heterocycles. The quantitative estimate of drug-likeness (QED) is 0.412. The van der Waals surface area contributed by atoms with E-state index < -0.39 is 11.7 Å². The molecule has 9 heavy (non-hydrogen) atoms. The van der Waals surface area contributed by atoms with Gasteiger partial charge in [0.25, 0.3) is 0 Å². The van der Waals surface area contributed by atoms with Gasteiger partial charge in [-0.25, -0.2) is 9.78 Å². The highest BCUT2D eigenvalue weighted by molar-refractivity contribution is 5.13. The van der Waals surface area contributed by atoms with E-state index in [2.05, 4.69) is 9.97 Å². The minimum Gasteiger partial charge on any atom is -0.844 e. The molecule has 0 aliphatic carbocycles. The number of nitrogens with zero attached hydrogens (tertiary/aromatic N) is 2. The monoisotopic (exact) mass is 127 g/mol. The maximum absolute atomic E-state index is 10.2. The largest absolute Gasteiger partial charge is 0.844 e. The first kappa shape index (κ1) is 5.54. The molecule has 1 heterocycles. The van der Waals surface area contributed by atoms with Crippen LogP contribution >= 0.6 is 0 Å². The Balaban J connectivity index is 3.33. The van der Waals surface area contributed by atoms with E-state index in [1.54, 1.807) is 0 Å². The topological polar surface area (TPSA) is 108 Å². The standard InChI is InChI=1S/C3H4N4O2/c4-1-5-2(8)7-3(9)6-1/h(H4,4,5,6,7,8,9)/p-1. The first-order valence-corrected chi connectivity index (χ1v) is 2.09. The Hall–Kier alpha value is -1.59. The molecular weight excluding hydrogens is 124 g/mol. The van der Waals surface area contributed by atoms with Gasteiger partial charge in [0.1, 0.15) is 0 Å². The Morgan fingerprint density at radius 2 is 2.22 bits per heavy atom. The van der Waals surface area contributed by atoms with Gasteiger partial charge in [0.2, 0.25) is 5.95 Å². The van der Waals surface area contributed by atoms with Crippen LogP contribution < -0.4 is 16.5 Å². The highest BCUT2D eigenvalue weighted by atomic mass is 16.3. The van der Waals surface area contributed by atoms with Crippen molar-refractivity contribution in [2.75, 3.05) is 5.73 Å². The van der Waals surface area contributed by atoms with Crippen LogP contribution in [0.2, 0.25) is 0 Å². The third-order valence-corrected chi connectivity index (χ3v) is 0.648. The summed E-state index contributed by atoms with van der Waals surface area (Å²) >= 11 is 0. The molecule has 3 N–H and O–H groups in total. The lowest BCUT2D eigenvalue weighted by molar-refractivity contribution is -0.282. The van der Waals surface area contributed by atoms with E-state index in [9.17, 15) is 9.90 Å². The Morgan fingerprint density at radius 3 is 2.67 bits per heavy atom. The smallest absolute Gasteiger partial charge is 0.348 e. The number of H-pyrrole nitrogens is 1. The lowest BCUT2D eigenvalue weighted by Gasteiger charge is -1.98. The van der Waals surface area contributed by atoms with Crippen molar-refractivity contribution >= 4 is 5.95 Å². The SMILES string of the molecule is Nc1nc([O-])nc(=O)[nH]1. The minimum absolute atomic E-state index is 0.208. The molecule has 0 saturated carbocycles. The predicted molar refractivity (Wildman–Crippen MR) is 26.5 cm³/mol. The second-order valence-electron chi connectivity index (χ2n) is 1.32. The Kier molecular flexibility index (Phi) is 1.07. The van der Waals surface area contributed by atoms with E-state index in [1.165, 1.54) is 0 Å². The van der Waals surface area contributed by atoms with Gasteiger partial charge in [0.15, 0.2) is 0 Å². The first-order chi connectivity index (χ1) is 4.18. The van der Waals surface area contributed by atoms with Gasteiger partial charge >= 0.3 is 5.69 Å². The lowest BCUT2D eigenvalue weighted by atomic mass is 10.9. The molecule has 0 aliphatic rings. The maximum atomic E-state index is 10.2. The highest BCUT2D eigenvalue weighted by Crippen LogP contribution is 1.87. The third kappa shape index (κ3) is 1.15. The molecule has 0 bridgehead atoms. The summed E-state index contributed by atoms with van der Waals surface area (Å²) in [5.41, 5.74) is 4.18. The number of anilines is 1. The van der Waals surface area contributed by atoms with E-state index in [0.717, 1.165) is 0 Å². The number of rotatable bonds is 0. The number of hydrogen-bond acceptors (Lipinski definition) is 5. The van der Waals surface area contributed by atoms with Crippen LogP contribution in [0.3, 0.4) is 0 Å². The van der Waals surface area contributed by atoms with Crippen molar-refractivity contribution in [1.82, 2.24) is 15.0 Å². The average molecular weight is 127 g/mol. The number of hydrogen-bond donors (Lipinski definition) is 2. The van der Waals surface area contributed by atoms with E-state index >= 15 is 0 Å². The van der Waals surface area contributed by atoms with Crippen molar-refractivity contribution in [2.45, 2.75) is 0 Å². The molecule has 1 aromatic heterocycles. The summed E-state index contributed by atoms with van der Waals surface area (Å²) in [7, 11) is 0. The molecule has 1 rings (SSSR count). The summed E-state index contributed by atoms with van der Waals surface area (Å²) in [5, 5.41) is 10.2. The highest BCUT2D eigenvalue weighted by Gasteiger charge is 1.86. The fourth-order valence-corrected chi connectivity index (χ4v) is 0.380. The third-order valence-electron chi connectivity index (χ3n) is 0.648. The van der Waals surface area contributed by atoms with Gasteiger partial charge in [0.05, 0.1) is 6.01 Å². The van der Waals surface area contributed by atoms with Crippen molar-refractivity contribution in [3.05, 3.63) is 10.5 Å². The fourth-order valence-electron chi connectivity index (χ4n) is 0.380. The molecular formula is C3H3N4O2-. The Morgan fingerprint density at radius 1 is 1.56 bits per heavy atom. The summed E-state index contributed by atoms with van der Waals surface area (Å²) in [6.45, 7) is 0. The van der Waals surface area contributed by atoms with E-state index in [4.69, 9.17) is 5.73 Å². The molecule has 6 nitrogen and oxygen atoms in total. The average Bonchev–Trinajstić information content (AvgIpc) is 1.59. The summed E-state index contributed by atoms with van der Waals surface area (Å²) in [5.74, 6) is -0.208. The first-order valence-electron chi connectivity index (χ1n) is 2.09. The molecule has 0 aliphatic heterocycles. The van der Waals surface area contributed by atoms with Gasteiger partial charge in [-0.3, -0.25) is 4.98 Å². The zero-order valence-corrected chi connectivity index (χ0v) is 4.29. The van der Waals surface area contributed by atoms with Crippen LogP contribution in [0.1, 0.15) is 0 Å². The second-order valence-corrected chi connectivity index (χ2v) is 1.32. The van der Waals surface area contributed by atoms with Crippen LogP contribution in [0.15, 0.2) is 4.79 Å². The lowest BCUT2D eigenvalue weighted by Crippen LogP contribution is -2.17. The molecule has 0 unspecified atom stereocenters. The van der Waals surface area contributed by atoms with Crippen LogP contribution in [0.5, 0.6) is 6.01 Å². The number of nitrogens with two attached hydrogens (primary N) is 1. The van der Waals surface area contributed by atoms with E-state index in [0.29, 0.717) is 0 Å². The van der Waals surface area contributed by atoms with Crippen LogP contribution in [-0.4, -0.2) is 15.0 Å². The van der Waals surface area contributed by atoms with Crippen LogP contribution in [0.4, 0.5) is 5.95 Å². The molecule has 0 radical (unpaired) electrons. The molecule has 48 valence electrons. The zero-order valence-electron chi connectivity index (χ0n) is 4.29. The maximum Gasteiger partial charge on any atom is 0.348 e. The molecule has 6 heteroatoms. The van der Waals surface area contributed by atoms with Crippen molar-refractivity contribution in [2.24, 2.45) is 0 Å². The van der Waals surface area contributed by atoms with E-state index in [-0.39, 0.29) is 5.95 Å². The summed E-state index contributed by atoms with van der Waals surface area (Å²) in [6.07, 6.45) is 0. The van der Waals surface area contributed by atoms with Crippen LogP contribution in [0.25, 0.3) is 0 Å². The van der Waals surface area contributed by atoms with Gasteiger partial charge in [0, 0.05) is 0 Å². The fraction of sp³-hybridized carbons (Fsp3) is 0. The molecule has 0 fully saturated rings.